The lowest BCUT2D eigenvalue weighted by Crippen LogP contribution is -1.99. The van der Waals surface area contributed by atoms with E-state index in [0.717, 1.165) is 11.1 Å². The molecule has 0 spiro atoms. The third-order valence-electron chi connectivity index (χ3n) is 4.52. The number of thioether (sulfide) groups is 1. The van der Waals surface area contributed by atoms with Gasteiger partial charge in [-0.2, -0.15) is 0 Å². The van der Waals surface area contributed by atoms with E-state index in [1.54, 1.807) is 7.11 Å². The molecule has 0 N–H and O–H groups in total. The van der Waals surface area contributed by atoms with Crippen molar-refractivity contribution in [2.75, 3.05) is 7.11 Å². The van der Waals surface area contributed by atoms with E-state index in [1.165, 1.54) is 21.4 Å². The van der Waals surface area contributed by atoms with E-state index in [0.29, 0.717) is 0 Å². The molecule has 0 aliphatic heterocycles. The highest BCUT2D eigenvalue weighted by Gasteiger charge is 2.19. The van der Waals surface area contributed by atoms with Gasteiger partial charge in [0.2, 0.25) is 0 Å². The summed E-state index contributed by atoms with van der Waals surface area (Å²) in [6, 6.07) is 34.1. The first-order valence-corrected chi connectivity index (χ1v) is 9.57. The third kappa shape index (κ3) is 3.33. The first-order valence-electron chi connectivity index (χ1n) is 8.69. The van der Waals surface area contributed by atoms with Gasteiger partial charge in [-0.25, -0.2) is 0 Å². The Bertz CT molecular complexity index is 996. The lowest BCUT2D eigenvalue weighted by atomic mass is 9.97. The maximum Gasteiger partial charge on any atom is 0.126 e. The van der Waals surface area contributed by atoms with Crippen LogP contribution in [-0.4, -0.2) is 7.11 Å². The molecule has 0 radical (unpaired) electrons. The molecule has 1 atom stereocenters. The van der Waals surface area contributed by atoms with Gasteiger partial charge in [0.25, 0.3) is 0 Å². The maximum absolute atomic E-state index is 5.58. The standard InChI is InChI=1S/C24H20OS/c1-25-23-17-16-22(20-14-8-9-15-21(20)23)24(18-10-4-2-5-11-18)26-19-12-6-3-7-13-19/h2-17,24H,1H3. The molecule has 1 nitrogen and oxygen atoms in total. The zero-order chi connectivity index (χ0) is 17.8. The fourth-order valence-corrected chi connectivity index (χ4v) is 4.49. The molecule has 0 amide bonds. The lowest BCUT2D eigenvalue weighted by Gasteiger charge is -2.20. The maximum atomic E-state index is 5.58. The highest BCUT2D eigenvalue weighted by molar-refractivity contribution is 7.99. The van der Waals surface area contributed by atoms with Crippen molar-refractivity contribution in [2.24, 2.45) is 0 Å². The van der Waals surface area contributed by atoms with Crippen LogP contribution in [0.15, 0.2) is 102 Å². The second-order valence-electron chi connectivity index (χ2n) is 6.12. The molecule has 4 aromatic carbocycles. The van der Waals surface area contributed by atoms with Crippen LogP contribution in [0.25, 0.3) is 10.8 Å². The van der Waals surface area contributed by atoms with E-state index in [9.17, 15) is 0 Å². The molecule has 0 bridgehead atoms. The molecular weight excluding hydrogens is 336 g/mol. The Labute approximate surface area is 158 Å². The summed E-state index contributed by atoms with van der Waals surface area (Å²) >= 11 is 1.88. The molecule has 0 heterocycles. The Morgan fingerprint density at radius 1 is 0.654 bits per heavy atom. The summed E-state index contributed by atoms with van der Waals surface area (Å²) in [6.07, 6.45) is 0. The Kier molecular flexibility index (Phi) is 4.94. The van der Waals surface area contributed by atoms with Gasteiger partial charge >= 0.3 is 0 Å². The fraction of sp³-hybridized carbons (Fsp3) is 0.0833. The predicted molar refractivity (Wildman–Crippen MR) is 111 cm³/mol. The molecule has 0 aliphatic carbocycles. The van der Waals surface area contributed by atoms with Crippen molar-refractivity contribution in [1.29, 1.82) is 0 Å². The van der Waals surface area contributed by atoms with Crippen LogP contribution in [0.5, 0.6) is 5.75 Å². The van der Waals surface area contributed by atoms with Crippen molar-refractivity contribution in [3.63, 3.8) is 0 Å². The van der Waals surface area contributed by atoms with Gasteiger partial charge in [0.15, 0.2) is 0 Å². The van der Waals surface area contributed by atoms with Crippen molar-refractivity contribution in [3.8, 4) is 5.75 Å². The number of ether oxygens (including phenoxy) is 1. The second-order valence-corrected chi connectivity index (χ2v) is 7.30. The number of hydrogen-bond acceptors (Lipinski definition) is 2. The fourth-order valence-electron chi connectivity index (χ4n) is 3.28. The normalized spacial score (nSPS) is 12.0. The van der Waals surface area contributed by atoms with Crippen LogP contribution in [0.4, 0.5) is 0 Å². The summed E-state index contributed by atoms with van der Waals surface area (Å²) in [4.78, 5) is 1.27. The quantitative estimate of drug-likeness (QED) is 0.367. The number of benzene rings is 4. The topological polar surface area (TPSA) is 9.23 Å². The minimum atomic E-state index is 0.217. The van der Waals surface area contributed by atoms with Crippen LogP contribution >= 0.6 is 11.8 Å². The molecule has 128 valence electrons. The van der Waals surface area contributed by atoms with Crippen LogP contribution in [0.3, 0.4) is 0 Å². The van der Waals surface area contributed by atoms with Gasteiger partial charge in [0.05, 0.1) is 12.4 Å². The molecule has 0 aromatic heterocycles. The third-order valence-corrected chi connectivity index (χ3v) is 5.83. The minimum Gasteiger partial charge on any atom is -0.496 e. The van der Waals surface area contributed by atoms with E-state index in [1.807, 2.05) is 11.8 Å². The summed E-state index contributed by atoms with van der Waals surface area (Å²) < 4.78 is 5.58. The summed E-state index contributed by atoms with van der Waals surface area (Å²) in [6.45, 7) is 0. The van der Waals surface area contributed by atoms with E-state index in [-0.39, 0.29) is 5.25 Å². The Morgan fingerprint density at radius 3 is 1.96 bits per heavy atom. The summed E-state index contributed by atoms with van der Waals surface area (Å²) in [5, 5.41) is 2.61. The Balaban J connectivity index is 1.88. The minimum absolute atomic E-state index is 0.217. The van der Waals surface area contributed by atoms with Crippen LogP contribution in [0.2, 0.25) is 0 Å². The summed E-state index contributed by atoms with van der Waals surface area (Å²) in [5.74, 6) is 0.917. The highest BCUT2D eigenvalue weighted by Crippen LogP contribution is 2.44. The van der Waals surface area contributed by atoms with Crippen molar-refractivity contribution >= 4 is 22.5 Å². The van der Waals surface area contributed by atoms with Gasteiger partial charge in [-0.3, -0.25) is 0 Å². The first-order chi connectivity index (χ1) is 12.9. The molecule has 0 saturated carbocycles. The number of methoxy groups -OCH3 is 1. The molecular formula is C24H20OS. The Hall–Kier alpha value is -2.71. The second kappa shape index (κ2) is 7.67. The summed E-state index contributed by atoms with van der Waals surface area (Å²) in [7, 11) is 1.73. The molecule has 0 aliphatic rings. The SMILES string of the molecule is COc1ccc(C(Sc2ccccc2)c2ccccc2)c2ccccc12. The molecule has 2 heteroatoms. The number of fused-ring (bicyclic) bond motifs is 1. The average Bonchev–Trinajstić information content (AvgIpc) is 2.73. The van der Waals surface area contributed by atoms with Crippen molar-refractivity contribution in [3.05, 3.63) is 108 Å². The van der Waals surface area contributed by atoms with Gasteiger partial charge in [0.1, 0.15) is 5.75 Å². The van der Waals surface area contributed by atoms with Crippen LogP contribution in [-0.2, 0) is 0 Å². The van der Waals surface area contributed by atoms with Gasteiger partial charge < -0.3 is 4.74 Å². The van der Waals surface area contributed by atoms with Crippen LogP contribution in [0, 0.1) is 0 Å². The lowest BCUT2D eigenvalue weighted by molar-refractivity contribution is 0.419. The zero-order valence-electron chi connectivity index (χ0n) is 14.6. The molecule has 1 unspecified atom stereocenters. The Morgan fingerprint density at radius 2 is 1.27 bits per heavy atom. The number of hydrogen-bond donors (Lipinski definition) is 0. The molecule has 26 heavy (non-hydrogen) atoms. The van der Waals surface area contributed by atoms with Crippen molar-refractivity contribution in [2.45, 2.75) is 10.1 Å². The van der Waals surface area contributed by atoms with Crippen LogP contribution < -0.4 is 4.74 Å². The highest BCUT2D eigenvalue weighted by atomic mass is 32.2. The largest absolute Gasteiger partial charge is 0.496 e. The van der Waals surface area contributed by atoms with Crippen molar-refractivity contribution < 1.29 is 4.74 Å². The summed E-state index contributed by atoms with van der Waals surface area (Å²) in [5.41, 5.74) is 2.61. The average molecular weight is 356 g/mol. The van der Waals surface area contributed by atoms with Gasteiger partial charge in [-0.1, -0.05) is 78.9 Å². The smallest absolute Gasteiger partial charge is 0.126 e. The van der Waals surface area contributed by atoms with E-state index < -0.39 is 0 Å². The molecule has 0 saturated heterocycles. The molecule has 4 aromatic rings. The molecule has 4 rings (SSSR count). The van der Waals surface area contributed by atoms with Gasteiger partial charge in [0, 0.05) is 10.3 Å². The van der Waals surface area contributed by atoms with E-state index in [2.05, 4.69) is 97.1 Å². The molecule has 0 fully saturated rings. The number of rotatable bonds is 5. The van der Waals surface area contributed by atoms with Crippen molar-refractivity contribution in [1.82, 2.24) is 0 Å². The predicted octanol–water partition coefficient (Wildman–Crippen LogP) is 6.73. The van der Waals surface area contributed by atoms with Gasteiger partial charge in [-0.05, 0) is 34.7 Å². The monoisotopic (exact) mass is 356 g/mol. The van der Waals surface area contributed by atoms with E-state index in [4.69, 9.17) is 4.74 Å². The van der Waals surface area contributed by atoms with Gasteiger partial charge in [-0.15, -0.1) is 11.8 Å². The first kappa shape index (κ1) is 16.7. The van der Waals surface area contributed by atoms with Crippen LogP contribution in [0.1, 0.15) is 16.4 Å². The van der Waals surface area contributed by atoms with E-state index >= 15 is 0 Å². The zero-order valence-corrected chi connectivity index (χ0v) is 15.4.